The highest BCUT2D eigenvalue weighted by molar-refractivity contribution is 5.43. The Labute approximate surface area is 109 Å². The van der Waals surface area contributed by atoms with Crippen LogP contribution in [0.2, 0.25) is 0 Å². The number of ether oxygens (including phenoxy) is 1. The maximum atomic E-state index is 12.8. The van der Waals surface area contributed by atoms with Crippen LogP contribution in [-0.4, -0.2) is 57.7 Å². The highest BCUT2D eigenvalue weighted by Crippen LogP contribution is 2.22. The number of aliphatic hydroxyl groups is 4. The minimum absolute atomic E-state index is 0.403. The molecule has 0 bridgehead atoms. The molecule has 106 valence electrons. The highest BCUT2D eigenvalue weighted by atomic mass is 19.1. The lowest BCUT2D eigenvalue weighted by Gasteiger charge is -2.40. The molecule has 1 saturated heterocycles. The van der Waals surface area contributed by atoms with Gasteiger partial charge in [-0.05, 0) is 24.3 Å². The van der Waals surface area contributed by atoms with E-state index in [4.69, 9.17) is 9.84 Å². The van der Waals surface area contributed by atoms with Crippen molar-refractivity contribution in [1.29, 1.82) is 0 Å². The van der Waals surface area contributed by atoms with Crippen molar-refractivity contribution in [3.05, 3.63) is 30.1 Å². The normalized spacial score (nSPS) is 35.1. The molecular formula is C12H16FNO5. The summed E-state index contributed by atoms with van der Waals surface area (Å²) < 4.78 is 18.0. The molecule has 1 heterocycles. The number of hydrogen-bond acceptors (Lipinski definition) is 6. The Bertz CT molecular complexity index is 413. The molecule has 1 aliphatic rings. The van der Waals surface area contributed by atoms with E-state index >= 15 is 0 Å². The molecule has 0 spiro atoms. The van der Waals surface area contributed by atoms with Crippen LogP contribution in [0.15, 0.2) is 24.3 Å². The Balaban J connectivity index is 2.08. The van der Waals surface area contributed by atoms with Gasteiger partial charge >= 0.3 is 0 Å². The summed E-state index contributed by atoms with van der Waals surface area (Å²) in [6.07, 6.45) is -6.20. The van der Waals surface area contributed by atoms with Gasteiger partial charge in [0.1, 0.15) is 30.2 Å². The summed E-state index contributed by atoms with van der Waals surface area (Å²) in [5.74, 6) is -0.403. The summed E-state index contributed by atoms with van der Waals surface area (Å²) in [5.41, 5.74) is 0.478. The van der Waals surface area contributed by atoms with Gasteiger partial charge in [-0.3, -0.25) is 0 Å². The lowest BCUT2D eigenvalue weighted by molar-refractivity contribution is -0.221. The molecule has 6 nitrogen and oxygen atoms in total. The van der Waals surface area contributed by atoms with Gasteiger partial charge in [0, 0.05) is 5.69 Å². The van der Waals surface area contributed by atoms with E-state index in [2.05, 4.69) is 5.32 Å². The summed E-state index contributed by atoms with van der Waals surface area (Å²) in [6.45, 7) is -0.494. The molecule has 7 heteroatoms. The lowest BCUT2D eigenvalue weighted by Crippen LogP contribution is -2.60. The van der Waals surface area contributed by atoms with E-state index in [1.54, 1.807) is 0 Å². The Kier molecular flexibility index (Phi) is 4.33. The Morgan fingerprint density at radius 2 is 1.68 bits per heavy atom. The molecule has 5 N–H and O–H groups in total. The fraction of sp³-hybridized carbons (Fsp3) is 0.500. The third-order valence-electron chi connectivity index (χ3n) is 3.05. The van der Waals surface area contributed by atoms with E-state index in [1.807, 2.05) is 0 Å². The molecule has 0 amide bonds. The molecule has 19 heavy (non-hydrogen) atoms. The van der Waals surface area contributed by atoms with Crippen molar-refractivity contribution in [3.8, 4) is 0 Å². The van der Waals surface area contributed by atoms with Gasteiger partial charge in [0.05, 0.1) is 6.61 Å². The van der Waals surface area contributed by atoms with Crippen LogP contribution in [0, 0.1) is 5.82 Å². The number of rotatable bonds is 3. The third kappa shape index (κ3) is 3.02. The maximum Gasteiger partial charge on any atom is 0.157 e. The molecule has 0 aromatic heterocycles. The van der Waals surface area contributed by atoms with Gasteiger partial charge in [-0.15, -0.1) is 0 Å². The standard InChI is InChI=1S/C12H16FNO5/c13-6-1-3-7(4-2-6)14-12-11(18)10(17)9(16)8(5-15)19-12/h1-4,8-12,14-18H,5H2/t8-,9-,10+,11+,12-/m1/s1. The van der Waals surface area contributed by atoms with Gasteiger partial charge in [-0.2, -0.15) is 0 Å². The second-order valence-corrected chi connectivity index (χ2v) is 4.40. The Morgan fingerprint density at radius 1 is 1.05 bits per heavy atom. The van der Waals surface area contributed by atoms with Gasteiger partial charge in [0.25, 0.3) is 0 Å². The molecule has 2 rings (SSSR count). The SMILES string of the molecule is OC[C@H]1O[C@@H](Nc2ccc(F)cc2)[C@@H](O)[C@@H](O)[C@@H]1O. The van der Waals surface area contributed by atoms with Gasteiger partial charge in [-0.25, -0.2) is 4.39 Å². The number of anilines is 1. The number of hydrogen-bond donors (Lipinski definition) is 5. The minimum Gasteiger partial charge on any atom is -0.394 e. The highest BCUT2D eigenvalue weighted by Gasteiger charge is 2.43. The summed E-state index contributed by atoms with van der Waals surface area (Å²) in [6, 6.07) is 5.34. The third-order valence-corrected chi connectivity index (χ3v) is 3.05. The van der Waals surface area contributed by atoms with Gasteiger partial charge in [0.15, 0.2) is 6.23 Å². The second kappa shape index (κ2) is 5.81. The molecule has 0 aliphatic carbocycles. The van der Waals surface area contributed by atoms with Crippen LogP contribution < -0.4 is 5.32 Å². The smallest absolute Gasteiger partial charge is 0.157 e. The zero-order valence-corrected chi connectivity index (χ0v) is 9.98. The summed E-state index contributed by atoms with van der Waals surface area (Å²) >= 11 is 0. The first-order chi connectivity index (χ1) is 9.02. The number of benzene rings is 1. The van der Waals surface area contributed by atoms with Crippen LogP contribution in [0.3, 0.4) is 0 Å². The summed E-state index contributed by atoms with van der Waals surface area (Å²) in [4.78, 5) is 0. The monoisotopic (exact) mass is 273 g/mol. The molecule has 1 aromatic rings. The molecule has 0 radical (unpaired) electrons. The molecule has 5 atom stereocenters. The van der Waals surface area contributed by atoms with Gasteiger partial charge in [0.2, 0.25) is 0 Å². The molecule has 1 fully saturated rings. The van der Waals surface area contributed by atoms with Crippen LogP contribution in [0.5, 0.6) is 0 Å². The first-order valence-corrected chi connectivity index (χ1v) is 5.85. The average Bonchev–Trinajstić information content (AvgIpc) is 2.42. The Hall–Kier alpha value is -1.25. The number of nitrogens with one attached hydrogen (secondary N) is 1. The van der Waals surface area contributed by atoms with E-state index in [1.165, 1.54) is 24.3 Å². The fourth-order valence-corrected chi connectivity index (χ4v) is 1.93. The van der Waals surface area contributed by atoms with E-state index in [0.29, 0.717) is 5.69 Å². The largest absolute Gasteiger partial charge is 0.394 e. The van der Waals surface area contributed by atoms with Crippen molar-refractivity contribution >= 4 is 5.69 Å². The van der Waals surface area contributed by atoms with Crippen LogP contribution in [0.1, 0.15) is 0 Å². The molecular weight excluding hydrogens is 257 g/mol. The molecule has 1 aromatic carbocycles. The average molecular weight is 273 g/mol. The zero-order chi connectivity index (χ0) is 14.0. The zero-order valence-electron chi connectivity index (χ0n) is 9.98. The number of halogens is 1. The predicted molar refractivity (Wildman–Crippen MR) is 63.8 cm³/mol. The summed E-state index contributed by atoms with van der Waals surface area (Å²) in [7, 11) is 0. The number of aliphatic hydroxyl groups excluding tert-OH is 4. The molecule has 1 aliphatic heterocycles. The van der Waals surface area contributed by atoms with Crippen LogP contribution in [0.4, 0.5) is 10.1 Å². The summed E-state index contributed by atoms with van der Waals surface area (Å²) in [5, 5.41) is 40.8. The van der Waals surface area contributed by atoms with Crippen LogP contribution in [0.25, 0.3) is 0 Å². The quantitative estimate of drug-likeness (QED) is 0.486. The predicted octanol–water partition coefficient (Wildman–Crippen LogP) is -0.963. The van der Waals surface area contributed by atoms with Crippen molar-refractivity contribution in [1.82, 2.24) is 0 Å². The van der Waals surface area contributed by atoms with E-state index in [9.17, 15) is 19.7 Å². The fourth-order valence-electron chi connectivity index (χ4n) is 1.93. The van der Waals surface area contributed by atoms with Crippen LogP contribution >= 0.6 is 0 Å². The van der Waals surface area contributed by atoms with E-state index < -0.39 is 43.1 Å². The van der Waals surface area contributed by atoms with Crippen molar-refractivity contribution < 1.29 is 29.6 Å². The van der Waals surface area contributed by atoms with Gasteiger partial charge < -0.3 is 30.5 Å². The first-order valence-electron chi connectivity index (χ1n) is 5.85. The molecule has 0 unspecified atom stereocenters. The first kappa shape index (κ1) is 14.2. The van der Waals surface area contributed by atoms with E-state index in [-0.39, 0.29) is 0 Å². The topological polar surface area (TPSA) is 102 Å². The van der Waals surface area contributed by atoms with Crippen molar-refractivity contribution in [3.63, 3.8) is 0 Å². The Morgan fingerprint density at radius 3 is 2.26 bits per heavy atom. The molecule has 0 saturated carbocycles. The minimum atomic E-state index is -1.44. The van der Waals surface area contributed by atoms with Crippen LogP contribution in [-0.2, 0) is 4.74 Å². The van der Waals surface area contributed by atoms with E-state index in [0.717, 1.165) is 0 Å². The van der Waals surface area contributed by atoms with Gasteiger partial charge in [-0.1, -0.05) is 0 Å². The second-order valence-electron chi connectivity index (χ2n) is 4.40. The lowest BCUT2D eigenvalue weighted by atomic mass is 9.98. The maximum absolute atomic E-state index is 12.8. The van der Waals surface area contributed by atoms with Crippen molar-refractivity contribution in [2.24, 2.45) is 0 Å². The van der Waals surface area contributed by atoms with Crippen molar-refractivity contribution in [2.75, 3.05) is 11.9 Å². The van der Waals surface area contributed by atoms with Crippen molar-refractivity contribution in [2.45, 2.75) is 30.6 Å².